The van der Waals surface area contributed by atoms with E-state index >= 15 is 0 Å². The molecule has 18 heavy (non-hydrogen) atoms. The fourth-order valence-electron chi connectivity index (χ4n) is 2.34. The second-order valence-corrected chi connectivity index (χ2v) is 6.03. The van der Waals surface area contributed by atoms with Crippen LogP contribution in [0.25, 0.3) is 0 Å². The van der Waals surface area contributed by atoms with E-state index in [-0.39, 0.29) is 6.04 Å². The van der Waals surface area contributed by atoms with Gasteiger partial charge in [0.15, 0.2) is 0 Å². The van der Waals surface area contributed by atoms with Crippen LogP contribution in [0, 0.1) is 5.92 Å². The van der Waals surface area contributed by atoms with Crippen LogP contribution in [0.5, 0.6) is 0 Å². The lowest BCUT2D eigenvalue weighted by Crippen LogP contribution is -2.27. The number of hydrogen-bond acceptors (Lipinski definition) is 2. The van der Waals surface area contributed by atoms with Crippen molar-refractivity contribution < 1.29 is 0 Å². The second-order valence-electron chi connectivity index (χ2n) is 6.03. The Kier molecular flexibility index (Phi) is 5.83. The molecule has 0 radical (unpaired) electrons. The Morgan fingerprint density at radius 3 is 2.00 bits per heavy atom. The first-order valence-corrected chi connectivity index (χ1v) is 6.91. The van der Waals surface area contributed by atoms with Gasteiger partial charge in [-0.25, -0.2) is 0 Å². The Morgan fingerprint density at radius 2 is 1.61 bits per heavy atom. The molecule has 102 valence electrons. The molecule has 0 aliphatic carbocycles. The summed E-state index contributed by atoms with van der Waals surface area (Å²) in [6.07, 6.45) is 2.15. The Bertz CT molecular complexity index is 339. The summed E-state index contributed by atoms with van der Waals surface area (Å²) >= 11 is 0. The van der Waals surface area contributed by atoms with Crippen LogP contribution in [0.1, 0.15) is 44.4 Å². The average Bonchev–Trinajstić information content (AvgIpc) is 2.26. The predicted octanol–water partition coefficient (Wildman–Crippen LogP) is 3.23. The highest BCUT2D eigenvalue weighted by Crippen LogP contribution is 2.23. The number of nitrogens with two attached hydrogens (primary N) is 1. The largest absolute Gasteiger partial charge is 0.328 e. The van der Waals surface area contributed by atoms with Gasteiger partial charge < -0.3 is 10.6 Å². The van der Waals surface area contributed by atoms with E-state index in [1.165, 1.54) is 11.1 Å². The summed E-state index contributed by atoms with van der Waals surface area (Å²) in [5.74, 6) is 0.713. The molecule has 1 aromatic carbocycles. The van der Waals surface area contributed by atoms with Crippen molar-refractivity contribution in [3.63, 3.8) is 0 Å². The summed E-state index contributed by atoms with van der Waals surface area (Å²) in [6.45, 7) is 6.59. The molecule has 2 nitrogen and oxygen atoms in total. The molecule has 0 heterocycles. The molecule has 0 saturated carbocycles. The zero-order chi connectivity index (χ0) is 13.7. The molecule has 0 amide bonds. The minimum atomic E-state index is 0.229. The highest BCUT2D eigenvalue weighted by Gasteiger charge is 2.15. The van der Waals surface area contributed by atoms with Crippen LogP contribution in [0.3, 0.4) is 0 Å². The maximum Gasteiger partial charge on any atom is 0.0356 e. The Labute approximate surface area is 112 Å². The zero-order valence-corrected chi connectivity index (χ0v) is 12.5. The third kappa shape index (κ3) is 4.79. The van der Waals surface area contributed by atoms with Crippen molar-refractivity contribution in [2.24, 2.45) is 11.7 Å². The van der Waals surface area contributed by atoms with Gasteiger partial charge in [0.25, 0.3) is 0 Å². The van der Waals surface area contributed by atoms with Crippen LogP contribution in [-0.4, -0.2) is 25.0 Å². The van der Waals surface area contributed by atoms with Crippen LogP contribution in [0.15, 0.2) is 24.3 Å². The predicted molar refractivity (Wildman–Crippen MR) is 79.7 cm³/mol. The third-order valence-corrected chi connectivity index (χ3v) is 3.23. The average molecular weight is 248 g/mol. The first-order valence-electron chi connectivity index (χ1n) is 6.91. The lowest BCUT2D eigenvalue weighted by atomic mass is 9.96. The molecule has 0 aliphatic heterocycles. The summed E-state index contributed by atoms with van der Waals surface area (Å²) in [7, 11) is 4.24. The van der Waals surface area contributed by atoms with E-state index in [2.05, 4.69) is 64.0 Å². The van der Waals surface area contributed by atoms with Crippen molar-refractivity contribution in [3.05, 3.63) is 35.4 Å². The van der Waals surface area contributed by atoms with E-state index in [1.807, 2.05) is 0 Å². The van der Waals surface area contributed by atoms with Gasteiger partial charge >= 0.3 is 0 Å². The summed E-state index contributed by atoms with van der Waals surface area (Å²) in [4.78, 5) is 2.25. The van der Waals surface area contributed by atoms with E-state index in [1.54, 1.807) is 0 Å². The minimum Gasteiger partial charge on any atom is -0.328 e. The van der Waals surface area contributed by atoms with E-state index in [0.717, 1.165) is 12.8 Å². The quantitative estimate of drug-likeness (QED) is 0.837. The topological polar surface area (TPSA) is 29.3 Å². The maximum absolute atomic E-state index is 5.94. The summed E-state index contributed by atoms with van der Waals surface area (Å²) in [6, 6.07) is 9.67. The molecule has 0 saturated heterocycles. The molecule has 2 heteroatoms. The van der Waals surface area contributed by atoms with Crippen molar-refractivity contribution >= 4 is 0 Å². The summed E-state index contributed by atoms with van der Waals surface area (Å²) < 4.78 is 0. The number of rotatable bonds is 6. The highest BCUT2D eigenvalue weighted by atomic mass is 15.1. The second kappa shape index (κ2) is 6.91. The Hall–Kier alpha value is -0.860. The van der Waals surface area contributed by atoms with Crippen molar-refractivity contribution in [1.29, 1.82) is 0 Å². The smallest absolute Gasteiger partial charge is 0.0356 e. The van der Waals surface area contributed by atoms with Gasteiger partial charge in [0, 0.05) is 12.1 Å². The number of hydrogen-bond donors (Lipinski definition) is 1. The van der Waals surface area contributed by atoms with Gasteiger partial charge in [-0.2, -0.15) is 0 Å². The molecule has 2 atom stereocenters. The van der Waals surface area contributed by atoms with Crippen LogP contribution in [0.4, 0.5) is 0 Å². The van der Waals surface area contributed by atoms with Crippen LogP contribution in [-0.2, 0) is 6.42 Å². The van der Waals surface area contributed by atoms with Gasteiger partial charge in [0.1, 0.15) is 0 Å². The molecule has 2 unspecified atom stereocenters. The van der Waals surface area contributed by atoms with Crippen molar-refractivity contribution in [3.8, 4) is 0 Å². The number of nitrogens with zero attached hydrogens (tertiary/aromatic N) is 1. The van der Waals surface area contributed by atoms with Gasteiger partial charge in [-0.05, 0) is 50.9 Å². The highest BCUT2D eigenvalue weighted by molar-refractivity contribution is 5.25. The number of benzene rings is 1. The normalized spacial score (nSPS) is 15.1. The Balaban J connectivity index is 2.80. The molecular formula is C16H28N2. The summed E-state index contributed by atoms with van der Waals surface area (Å²) in [5.41, 5.74) is 8.73. The third-order valence-electron chi connectivity index (χ3n) is 3.23. The van der Waals surface area contributed by atoms with Gasteiger partial charge in [0.05, 0.1) is 0 Å². The molecule has 1 rings (SSSR count). The van der Waals surface area contributed by atoms with Gasteiger partial charge in [0.2, 0.25) is 0 Å². The lowest BCUT2D eigenvalue weighted by Gasteiger charge is -2.26. The van der Waals surface area contributed by atoms with E-state index in [4.69, 9.17) is 5.73 Å². The van der Waals surface area contributed by atoms with Crippen molar-refractivity contribution in [2.45, 2.75) is 45.7 Å². The minimum absolute atomic E-state index is 0.229. The molecule has 2 N–H and O–H groups in total. The van der Waals surface area contributed by atoms with Crippen molar-refractivity contribution in [1.82, 2.24) is 4.90 Å². The molecule has 0 aliphatic rings. The van der Waals surface area contributed by atoms with Crippen LogP contribution in [0.2, 0.25) is 0 Å². The van der Waals surface area contributed by atoms with Crippen LogP contribution >= 0.6 is 0 Å². The van der Waals surface area contributed by atoms with E-state index < -0.39 is 0 Å². The first kappa shape index (κ1) is 15.2. The monoisotopic (exact) mass is 248 g/mol. The maximum atomic E-state index is 5.94. The van der Waals surface area contributed by atoms with E-state index in [0.29, 0.717) is 12.0 Å². The van der Waals surface area contributed by atoms with Gasteiger partial charge in [-0.15, -0.1) is 0 Å². The van der Waals surface area contributed by atoms with Crippen LogP contribution < -0.4 is 5.73 Å². The lowest BCUT2D eigenvalue weighted by molar-refractivity contribution is 0.272. The fraction of sp³-hybridized carbons (Fsp3) is 0.625. The standard InChI is InChI=1S/C16H28N2/c1-12(2)10-14-6-8-15(9-7-14)16(18(4)5)11-13(3)17/h6-9,12-13,16H,10-11,17H2,1-5H3. The Morgan fingerprint density at radius 1 is 1.06 bits per heavy atom. The molecule has 1 aromatic rings. The molecule has 0 fully saturated rings. The fourth-order valence-corrected chi connectivity index (χ4v) is 2.34. The zero-order valence-electron chi connectivity index (χ0n) is 12.5. The molecule has 0 aromatic heterocycles. The van der Waals surface area contributed by atoms with Gasteiger partial charge in [-0.1, -0.05) is 38.1 Å². The van der Waals surface area contributed by atoms with Crippen molar-refractivity contribution in [2.75, 3.05) is 14.1 Å². The van der Waals surface area contributed by atoms with E-state index in [9.17, 15) is 0 Å². The SMILES string of the molecule is CC(C)Cc1ccc(C(CC(C)N)N(C)C)cc1. The van der Waals surface area contributed by atoms with Gasteiger partial charge in [-0.3, -0.25) is 0 Å². The summed E-state index contributed by atoms with van der Waals surface area (Å²) in [5, 5.41) is 0. The molecule has 0 spiro atoms. The molecular weight excluding hydrogens is 220 g/mol. The molecule has 0 bridgehead atoms. The first-order chi connectivity index (χ1) is 8.40.